The lowest BCUT2D eigenvalue weighted by Crippen LogP contribution is -2.43. The van der Waals surface area contributed by atoms with Gasteiger partial charge in [0.1, 0.15) is 12.6 Å². The lowest BCUT2D eigenvalue weighted by molar-refractivity contribution is -0.142. The molecule has 22 heavy (non-hydrogen) atoms. The molecule has 1 aromatic carbocycles. The highest BCUT2D eigenvalue weighted by atomic mass is 16.4. The first-order valence-electron chi connectivity index (χ1n) is 7.08. The van der Waals surface area contributed by atoms with E-state index in [0.29, 0.717) is 17.5 Å². The maximum absolute atomic E-state index is 12.1. The Morgan fingerprint density at radius 3 is 2.64 bits per heavy atom. The summed E-state index contributed by atoms with van der Waals surface area (Å²) in [6, 6.07) is 6.07. The Labute approximate surface area is 127 Å². The van der Waals surface area contributed by atoms with Gasteiger partial charge in [0.25, 0.3) is 0 Å². The van der Waals surface area contributed by atoms with E-state index in [-0.39, 0.29) is 12.5 Å². The molecule has 2 rings (SSSR count). The summed E-state index contributed by atoms with van der Waals surface area (Å²) in [5.74, 6) is -1.44. The summed E-state index contributed by atoms with van der Waals surface area (Å²) in [6.45, 7) is 3.54. The molecule has 0 unspecified atom stereocenters. The molecule has 0 aliphatic heterocycles. The van der Waals surface area contributed by atoms with Gasteiger partial charge in [0.05, 0.1) is 11.0 Å². The van der Waals surface area contributed by atoms with Crippen LogP contribution < -0.4 is 11.0 Å². The molecule has 7 nitrogen and oxygen atoms in total. The van der Waals surface area contributed by atoms with Crippen LogP contribution in [0.5, 0.6) is 0 Å². The fourth-order valence-corrected chi connectivity index (χ4v) is 2.34. The zero-order valence-corrected chi connectivity index (χ0v) is 12.5. The summed E-state index contributed by atoms with van der Waals surface area (Å²) < 4.78 is 1.29. The van der Waals surface area contributed by atoms with E-state index in [1.54, 1.807) is 24.3 Å². The van der Waals surface area contributed by atoms with Crippen molar-refractivity contribution in [2.45, 2.75) is 32.9 Å². The van der Waals surface area contributed by atoms with E-state index < -0.39 is 23.6 Å². The molecule has 1 atom stereocenters. The van der Waals surface area contributed by atoms with Crippen molar-refractivity contribution >= 4 is 22.9 Å². The van der Waals surface area contributed by atoms with Crippen molar-refractivity contribution in [2.24, 2.45) is 5.92 Å². The van der Waals surface area contributed by atoms with Crippen LogP contribution in [0.3, 0.4) is 0 Å². The first kappa shape index (κ1) is 15.8. The molecule has 1 amide bonds. The number of H-pyrrole nitrogens is 1. The zero-order chi connectivity index (χ0) is 16.3. The number of para-hydroxylation sites is 2. The Hall–Kier alpha value is -2.57. The number of nitrogens with zero attached hydrogens (tertiary/aromatic N) is 1. The number of aromatic nitrogens is 2. The first-order valence-corrected chi connectivity index (χ1v) is 7.08. The summed E-state index contributed by atoms with van der Waals surface area (Å²) in [5, 5.41) is 11.6. The fraction of sp³-hybridized carbons (Fsp3) is 0.400. The van der Waals surface area contributed by atoms with E-state index in [9.17, 15) is 14.4 Å². The lowest BCUT2D eigenvalue weighted by atomic mass is 10.0. The van der Waals surface area contributed by atoms with Gasteiger partial charge >= 0.3 is 11.7 Å². The quantitative estimate of drug-likeness (QED) is 0.739. The van der Waals surface area contributed by atoms with Gasteiger partial charge < -0.3 is 15.4 Å². The maximum atomic E-state index is 12.1. The van der Waals surface area contributed by atoms with Gasteiger partial charge in [0, 0.05) is 0 Å². The van der Waals surface area contributed by atoms with Gasteiger partial charge in [-0.3, -0.25) is 9.36 Å². The number of nitrogens with one attached hydrogen (secondary N) is 2. The molecule has 3 N–H and O–H groups in total. The molecule has 118 valence electrons. The third kappa shape index (κ3) is 3.55. The van der Waals surface area contributed by atoms with E-state index >= 15 is 0 Å². The zero-order valence-electron chi connectivity index (χ0n) is 12.5. The Bertz CT molecular complexity index is 745. The van der Waals surface area contributed by atoms with E-state index in [2.05, 4.69) is 10.3 Å². The van der Waals surface area contributed by atoms with Crippen molar-refractivity contribution < 1.29 is 14.7 Å². The number of fused-ring (bicyclic) bond motifs is 1. The molecule has 0 spiro atoms. The molecule has 0 fully saturated rings. The summed E-state index contributed by atoms with van der Waals surface area (Å²) >= 11 is 0. The third-order valence-corrected chi connectivity index (χ3v) is 3.32. The topological polar surface area (TPSA) is 104 Å². The second-order valence-electron chi connectivity index (χ2n) is 5.62. The predicted molar refractivity (Wildman–Crippen MR) is 81.6 cm³/mol. The fourth-order valence-electron chi connectivity index (χ4n) is 2.34. The molecule has 0 saturated carbocycles. The normalized spacial score (nSPS) is 12.5. The number of carboxylic acids is 1. The van der Waals surface area contributed by atoms with Crippen LogP contribution in [-0.2, 0) is 16.1 Å². The van der Waals surface area contributed by atoms with Crippen molar-refractivity contribution in [1.82, 2.24) is 14.9 Å². The van der Waals surface area contributed by atoms with E-state index in [0.717, 1.165) is 0 Å². The Balaban J connectivity index is 2.15. The van der Waals surface area contributed by atoms with Gasteiger partial charge in [-0.1, -0.05) is 26.0 Å². The van der Waals surface area contributed by atoms with E-state index in [4.69, 9.17) is 5.11 Å². The van der Waals surface area contributed by atoms with Crippen molar-refractivity contribution in [3.05, 3.63) is 34.7 Å². The number of rotatable bonds is 6. The monoisotopic (exact) mass is 305 g/mol. The number of aromatic amines is 1. The summed E-state index contributed by atoms with van der Waals surface area (Å²) in [6.07, 6.45) is 0.337. The van der Waals surface area contributed by atoms with E-state index in [1.807, 2.05) is 13.8 Å². The summed E-state index contributed by atoms with van der Waals surface area (Å²) in [7, 11) is 0. The highest BCUT2D eigenvalue weighted by molar-refractivity contribution is 5.84. The second-order valence-corrected chi connectivity index (χ2v) is 5.62. The Morgan fingerprint density at radius 1 is 1.32 bits per heavy atom. The molecule has 7 heteroatoms. The van der Waals surface area contributed by atoms with Crippen LogP contribution in [0, 0.1) is 5.92 Å². The highest BCUT2D eigenvalue weighted by Crippen LogP contribution is 2.09. The van der Waals surface area contributed by atoms with Crippen LogP contribution in [0.1, 0.15) is 20.3 Å². The second kappa shape index (κ2) is 6.46. The Kier molecular flexibility index (Phi) is 4.65. The van der Waals surface area contributed by atoms with Gasteiger partial charge in [-0.25, -0.2) is 9.59 Å². The van der Waals surface area contributed by atoms with E-state index in [1.165, 1.54) is 4.57 Å². The largest absolute Gasteiger partial charge is 0.480 e. The van der Waals surface area contributed by atoms with Crippen LogP contribution in [-0.4, -0.2) is 32.6 Å². The van der Waals surface area contributed by atoms with Crippen molar-refractivity contribution in [1.29, 1.82) is 0 Å². The van der Waals surface area contributed by atoms with Crippen molar-refractivity contribution in [2.75, 3.05) is 0 Å². The predicted octanol–water partition coefficient (Wildman–Crippen LogP) is 0.945. The maximum Gasteiger partial charge on any atom is 0.326 e. The van der Waals surface area contributed by atoms with Crippen LogP contribution in [0.4, 0.5) is 0 Å². The molecular formula is C15H19N3O4. The van der Waals surface area contributed by atoms with Gasteiger partial charge in [0.2, 0.25) is 5.91 Å². The average Bonchev–Trinajstić information content (AvgIpc) is 2.74. The van der Waals surface area contributed by atoms with Crippen LogP contribution in [0.2, 0.25) is 0 Å². The molecule has 0 radical (unpaired) electrons. The van der Waals surface area contributed by atoms with Gasteiger partial charge in [-0.2, -0.15) is 0 Å². The van der Waals surface area contributed by atoms with Crippen LogP contribution in [0.25, 0.3) is 11.0 Å². The molecule has 0 bridgehead atoms. The first-order chi connectivity index (χ1) is 10.4. The molecule has 2 aromatic rings. The highest BCUT2D eigenvalue weighted by Gasteiger charge is 2.21. The lowest BCUT2D eigenvalue weighted by Gasteiger charge is -2.16. The minimum absolute atomic E-state index is 0.136. The number of carbonyl (C=O) groups excluding carboxylic acids is 1. The molecule has 1 heterocycles. The molecule has 0 aliphatic carbocycles. The molecular weight excluding hydrogens is 286 g/mol. The van der Waals surface area contributed by atoms with Gasteiger partial charge in [0.15, 0.2) is 0 Å². The SMILES string of the molecule is CC(C)C[C@@H](NC(=O)Cn1c(=O)[nH]c2ccccc21)C(=O)O. The average molecular weight is 305 g/mol. The number of hydrogen-bond acceptors (Lipinski definition) is 3. The van der Waals surface area contributed by atoms with Crippen LogP contribution in [0.15, 0.2) is 29.1 Å². The summed E-state index contributed by atoms with van der Waals surface area (Å²) in [5.41, 5.74) is 0.850. The molecule has 0 aliphatic rings. The Morgan fingerprint density at radius 2 is 2.00 bits per heavy atom. The van der Waals surface area contributed by atoms with Crippen LogP contribution >= 0.6 is 0 Å². The molecule has 0 saturated heterocycles. The minimum Gasteiger partial charge on any atom is -0.480 e. The van der Waals surface area contributed by atoms with Crippen molar-refractivity contribution in [3.8, 4) is 0 Å². The number of carboxylic acid groups (broad SMARTS) is 1. The standard InChI is InChI=1S/C15H19N3O4/c1-9(2)7-11(14(20)21)16-13(19)8-18-12-6-4-3-5-10(12)17-15(18)22/h3-6,9,11H,7-8H2,1-2H3,(H,16,19)(H,17,22)(H,20,21)/t11-/m1/s1. The third-order valence-electron chi connectivity index (χ3n) is 3.32. The van der Waals surface area contributed by atoms with Gasteiger partial charge in [-0.15, -0.1) is 0 Å². The summed E-state index contributed by atoms with van der Waals surface area (Å²) in [4.78, 5) is 37.8. The number of aliphatic carboxylic acids is 1. The minimum atomic E-state index is -1.08. The number of amides is 1. The molecule has 1 aromatic heterocycles. The van der Waals surface area contributed by atoms with Crippen molar-refractivity contribution in [3.63, 3.8) is 0 Å². The number of benzene rings is 1. The number of carbonyl (C=O) groups is 2. The number of imidazole rings is 1. The van der Waals surface area contributed by atoms with Gasteiger partial charge in [-0.05, 0) is 24.5 Å². The smallest absolute Gasteiger partial charge is 0.326 e. The number of hydrogen-bond donors (Lipinski definition) is 3.